The molecule has 0 radical (unpaired) electrons. The highest BCUT2D eigenvalue weighted by Gasteiger charge is 2.37. The van der Waals surface area contributed by atoms with Gasteiger partial charge in [0.1, 0.15) is 11.4 Å². The first kappa shape index (κ1) is 11.1. The van der Waals surface area contributed by atoms with E-state index in [0.29, 0.717) is 0 Å². The zero-order valence-corrected chi connectivity index (χ0v) is 10.8. The third kappa shape index (κ3) is 2.32. The maximum Gasteiger partial charge on any atom is 0.123 e. The fraction of sp³-hybridized carbons (Fsp3) is 0.600. The molecule has 2 heteroatoms. The molecule has 3 rings (SSSR count). The van der Waals surface area contributed by atoms with Crippen LogP contribution in [-0.2, 0) is 12.8 Å². The molecule has 1 heterocycles. The summed E-state index contributed by atoms with van der Waals surface area (Å²) in [5.41, 5.74) is 8.94. The van der Waals surface area contributed by atoms with E-state index in [2.05, 4.69) is 32.0 Å². The van der Waals surface area contributed by atoms with Gasteiger partial charge in [-0.2, -0.15) is 0 Å². The van der Waals surface area contributed by atoms with Crippen molar-refractivity contribution in [3.05, 3.63) is 29.3 Å². The number of fused-ring (bicyclic) bond motifs is 1. The summed E-state index contributed by atoms with van der Waals surface area (Å²) < 4.78 is 5.95. The minimum atomic E-state index is -0.0352. The monoisotopic (exact) mass is 231 g/mol. The summed E-state index contributed by atoms with van der Waals surface area (Å²) in [6.45, 7) is 4.29. The Morgan fingerprint density at radius 3 is 2.76 bits per heavy atom. The number of rotatable bonds is 3. The highest BCUT2D eigenvalue weighted by Crippen LogP contribution is 2.38. The van der Waals surface area contributed by atoms with Crippen LogP contribution < -0.4 is 10.5 Å². The van der Waals surface area contributed by atoms with E-state index in [4.69, 9.17) is 10.5 Å². The lowest BCUT2D eigenvalue weighted by Gasteiger charge is -2.17. The van der Waals surface area contributed by atoms with Crippen molar-refractivity contribution < 1.29 is 4.74 Å². The molecule has 0 atom stereocenters. The standard InChI is InChI=1S/C15H21NO/c1-14(2)10-12-4-3-11(9-13(12)17-14)5-6-15(16)7-8-15/h3-4,9H,5-8,10,16H2,1-2H3. The van der Waals surface area contributed by atoms with Gasteiger partial charge in [-0.15, -0.1) is 0 Å². The van der Waals surface area contributed by atoms with E-state index >= 15 is 0 Å². The van der Waals surface area contributed by atoms with Crippen LogP contribution in [0.3, 0.4) is 0 Å². The first-order valence-electron chi connectivity index (χ1n) is 6.56. The third-order valence-electron chi connectivity index (χ3n) is 3.94. The van der Waals surface area contributed by atoms with E-state index in [-0.39, 0.29) is 11.1 Å². The van der Waals surface area contributed by atoms with Crippen LogP contribution in [0.1, 0.15) is 44.2 Å². The van der Waals surface area contributed by atoms with Gasteiger partial charge in [0.15, 0.2) is 0 Å². The second-order valence-electron chi connectivity index (χ2n) is 6.34. The number of benzene rings is 1. The summed E-state index contributed by atoms with van der Waals surface area (Å²) >= 11 is 0. The predicted molar refractivity (Wildman–Crippen MR) is 69.3 cm³/mol. The highest BCUT2D eigenvalue weighted by molar-refractivity contribution is 5.42. The molecule has 1 aliphatic heterocycles. The normalized spacial score (nSPS) is 23.0. The van der Waals surface area contributed by atoms with Crippen LogP contribution in [0.15, 0.2) is 18.2 Å². The second-order valence-corrected chi connectivity index (χ2v) is 6.34. The molecule has 1 saturated carbocycles. The van der Waals surface area contributed by atoms with Crippen LogP contribution in [0.25, 0.3) is 0 Å². The fourth-order valence-electron chi connectivity index (χ4n) is 2.59. The fourth-order valence-corrected chi connectivity index (χ4v) is 2.59. The Bertz CT molecular complexity index is 446. The number of ether oxygens (including phenoxy) is 1. The van der Waals surface area contributed by atoms with Gasteiger partial charge in [0.2, 0.25) is 0 Å². The SMILES string of the molecule is CC1(C)Cc2ccc(CCC3(N)CC3)cc2O1. The maximum atomic E-state index is 6.12. The van der Waals surface area contributed by atoms with Gasteiger partial charge in [0.25, 0.3) is 0 Å². The van der Waals surface area contributed by atoms with Crippen molar-refractivity contribution in [2.45, 2.75) is 57.1 Å². The van der Waals surface area contributed by atoms with Crippen molar-refractivity contribution in [1.82, 2.24) is 0 Å². The molecular formula is C15H21NO. The third-order valence-corrected chi connectivity index (χ3v) is 3.94. The van der Waals surface area contributed by atoms with Gasteiger partial charge in [-0.25, -0.2) is 0 Å². The first-order valence-corrected chi connectivity index (χ1v) is 6.56. The van der Waals surface area contributed by atoms with Gasteiger partial charge in [0, 0.05) is 12.0 Å². The number of hydrogen-bond donors (Lipinski definition) is 1. The van der Waals surface area contributed by atoms with Crippen molar-refractivity contribution in [2.75, 3.05) is 0 Å². The zero-order valence-electron chi connectivity index (χ0n) is 10.8. The quantitative estimate of drug-likeness (QED) is 0.868. The highest BCUT2D eigenvalue weighted by atomic mass is 16.5. The van der Waals surface area contributed by atoms with Crippen LogP contribution in [-0.4, -0.2) is 11.1 Å². The Morgan fingerprint density at radius 2 is 2.06 bits per heavy atom. The van der Waals surface area contributed by atoms with Gasteiger partial charge in [-0.1, -0.05) is 12.1 Å². The largest absolute Gasteiger partial charge is 0.487 e. The lowest BCUT2D eigenvalue weighted by Crippen LogP contribution is -2.24. The first-order chi connectivity index (χ1) is 7.96. The van der Waals surface area contributed by atoms with Crippen LogP contribution in [0, 0.1) is 0 Å². The van der Waals surface area contributed by atoms with Crippen molar-refractivity contribution in [1.29, 1.82) is 0 Å². The molecule has 0 amide bonds. The number of nitrogens with two attached hydrogens (primary N) is 1. The minimum absolute atomic E-state index is 0.0352. The summed E-state index contributed by atoms with van der Waals surface area (Å²) in [6, 6.07) is 6.65. The Morgan fingerprint density at radius 1 is 1.29 bits per heavy atom. The second kappa shape index (κ2) is 3.49. The van der Waals surface area contributed by atoms with Gasteiger partial charge < -0.3 is 10.5 Å². The van der Waals surface area contributed by atoms with E-state index in [9.17, 15) is 0 Å². The number of aryl methyl sites for hydroxylation is 1. The van der Waals surface area contributed by atoms with E-state index in [0.717, 1.165) is 25.0 Å². The number of hydrogen-bond acceptors (Lipinski definition) is 2. The molecule has 17 heavy (non-hydrogen) atoms. The van der Waals surface area contributed by atoms with Crippen LogP contribution in [0.4, 0.5) is 0 Å². The van der Waals surface area contributed by atoms with E-state index in [1.54, 1.807) is 0 Å². The average molecular weight is 231 g/mol. The average Bonchev–Trinajstić information content (AvgIpc) is 2.88. The van der Waals surface area contributed by atoms with Gasteiger partial charge in [0.05, 0.1) is 0 Å². The molecule has 1 fully saturated rings. The van der Waals surface area contributed by atoms with Crippen LogP contribution in [0.5, 0.6) is 5.75 Å². The summed E-state index contributed by atoms with van der Waals surface area (Å²) in [6.07, 6.45) is 5.59. The summed E-state index contributed by atoms with van der Waals surface area (Å²) in [4.78, 5) is 0. The predicted octanol–water partition coefficient (Wildman–Crippen LogP) is 2.82. The lowest BCUT2D eigenvalue weighted by atomic mass is 9.99. The van der Waals surface area contributed by atoms with Gasteiger partial charge in [-0.05, 0) is 56.7 Å². The Balaban J connectivity index is 1.72. The van der Waals surface area contributed by atoms with Crippen molar-refractivity contribution >= 4 is 0 Å². The van der Waals surface area contributed by atoms with E-state index in [1.165, 1.54) is 24.0 Å². The molecule has 2 N–H and O–H groups in total. The molecule has 0 aromatic heterocycles. The molecule has 0 spiro atoms. The maximum absolute atomic E-state index is 6.12. The summed E-state index contributed by atoms with van der Waals surface area (Å²) in [5.74, 6) is 1.08. The molecule has 1 aliphatic carbocycles. The van der Waals surface area contributed by atoms with Crippen LogP contribution >= 0.6 is 0 Å². The van der Waals surface area contributed by atoms with E-state index in [1.807, 2.05) is 0 Å². The van der Waals surface area contributed by atoms with Crippen molar-refractivity contribution in [3.63, 3.8) is 0 Å². The molecule has 1 aromatic carbocycles. The molecule has 0 unspecified atom stereocenters. The smallest absolute Gasteiger partial charge is 0.123 e. The molecule has 2 nitrogen and oxygen atoms in total. The van der Waals surface area contributed by atoms with Gasteiger partial charge >= 0.3 is 0 Å². The Hall–Kier alpha value is -1.02. The van der Waals surface area contributed by atoms with E-state index < -0.39 is 0 Å². The Labute approximate surface area is 103 Å². The molecule has 92 valence electrons. The summed E-state index contributed by atoms with van der Waals surface area (Å²) in [5, 5.41) is 0. The molecular weight excluding hydrogens is 210 g/mol. The Kier molecular flexibility index (Phi) is 2.27. The molecule has 0 bridgehead atoms. The van der Waals surface area contributed by atoms with Crippen molar-refractivity contribution in [2.24, 2.45) is 5.73 Å². The lowest BCUT2D eigenvalue weighted by molar-refractivity contribution is 0.138. The molecule has 1 aromatic rings. The zero-order chi connectivity index (χ0) is 12.1. The minimum Gasteiger partial charge on any atom is -0.487 e. The molecule has 0 saturated heterocycles. The summed E-state index contributed by atoms with van der Waals surface area (Å²) in [7, 11) is 0. The van der Waals surface area contributed by atoms with Gasteiger partial charge in [-0.3, -0.25) is 0 Å². The van der Waals surface area contributed by atoms with Crippen molar-refractivity contribution in [3.8, 4) is 5.75 Å². The topological polar surface area (TPSA) is 35.2 Å². The molecule has 2 aliphatic rings. The van der Waals surface area contributed by atoms with Crippen LogP contribution in [0.2, 0.25) is 0 Å².